The Kier molecular flexibility index (Phi) is 3.26. The van der Waals surface area contributed by atoms with E-state index in [0.29, 0.717) is 5.75 Å². The highest BCUT2D eigenvalue weighted by atomic mass is 32.2. The molecule has 0 aliphatic rings. The normalized spacial score (nSPS) is 11.2. The lowest BCUT2D eigenvalue weighted by molar-refractivity contribution is 0.445. The van der Waals surface area contributed by atoms with Crippen molar-refractivity contribution in [1.82, 2.24) is 9.97 Å². The van der Waals surface area contributed by atoms with E-state index in [2.05, 4.69) is 9.97 Å². The SMILES string of the molecule is Cc1ccc(Oc2ncccc2S(N)(=O)=O)cn1. The Balaban J connectivity index is 2.38. The van der Waals surface area contributed by atoms with E-state index in [9.17, 15) is 8.42 Å². The second kappa shape index (κ2) is 4.71. The number of ether oxygens (including phenoxy) is 1. The van der Waals surface area contributed by atoms with Crippen LogP contribution in [0.5, 0.6) is 11.6 Å². The van der Waals surface area contributed by atoms with Crippen LogP contribution in [0.3, 0.4) is 0 Å². The van der Waals surface area contributed by atoms with Crippen LogP contribution in [0.4, 0.5) is 0 Å². The van der Waals surface area contributed by atoms with Gasteiger partial charge < -0.3 is 4.74 Å². The van der Waals surface area contributed by atoms with Crippen molar-refractivity contribution in [3.05, 3.63) is 42.4 Å². The Morgan fingerprint density at radius 1 is 1.22 bits per heavy atom. The van der Waals surface area contributed by atoms with Gasteiger partial charge in [-0.15, -0.1) is 0 Å². The second-order valence-electron chi connectivity index (χ2n) is 3.59. The maximum absolute atomic E-state index is 11.3. The molecule has 0 fully saturated rings. The van der Waals surface area contributed by atoms with Gasteiger partial charge in [0.15, 0.2) is 0 Å². The predicted molar refractivity (Wildman–Crippen MR) is 64.7 cm³/mol. The highest BCUT2D eigenvalue weighted by Gasteiger charge is 2.16. The van der Waals surface area contributed by atoms with E-state index < -0.39 is 10.0 Å². The van der Waals surface area contributed by atoms with Crippen molar-refractivity contribution < 1.29 is 13.2 Å². The van der Waals surface area contributed by atoms with Crippen LogP contribution in [0.1, 0.15) is 5.69 Å². The number of hydrogen-bond acceptors (Lipinski definition) is 5. The molecule has 0 radical (unpaired) electrons. The topological polar surface area (TPSA) is 95.2 Å². The molecule has 0 amide bonds. The summed E-state index contributed by atoms with van der Waals surface area (Å²) >= 11 is 0. The average Bonchev–Trinajstić information content (AvgIpc) is 2.31. The van der Waals surface area contributed by atoms with Gasteiger partial charge >= 0.3 is 0 Å². The van der Waals surface area contributed by atoms with Crippen LogP contribution < -0.4 is 9.88 Å². The van der Waals surface area contributed by atoms with E-state index in [0.717, 1.165) is 5.69 Å². The van der Waals surface area contributed by atoms with E-state index in [4.69, 9.17) is 9.88 Å². The van der Waals surface area contributed by atoms with E-state index in [1.54, 1.807) is 12.1 Å². The van der Waals surface area contributed by atoms with Gasteiger partial charge in [0.05, 0.1) is 6.20 Å². The Bertz CT molecular complexity index is 653. The lowest BCUT2D eigenvalue weighted by Gasteiger charge is -2.07. The summed E-state index contributed by atoms with van der Waals surface area (Å²) < 4.78 is 28.0. The number of sulfonamides is 1. The number of aryl methyl sites for hydroxylation is 1. The van der Waals surface area contributed by atoms with Gasteiger partial charge in [0.25, 0.3) is 0 Å². The van der Waals surface area contributed by atoms with Gasteiger partial charge in [-0.2, -0.15) is 0 Å². The zero-order valence-electron chi connectivity index (χ0n) is 9.57. The van der Waals surface area contributed by atoms with Crippen LogP contribution in [0.2, 0.25) is 0 Å². The van der Waals surface area contributed by atoms with E-state index in [-0.39, 0.29) is 10.8 Å². The number of nitrogens with zero attached hydrogens (tertiary/aromatic N) is 2. The van der Waals surface area contributed by atoms with Crippen LogP contribution >= 0.6 is 0 Å². The van der Waals surface area contributed by atoms with Crippen LogP contribution in [-0.2, 0) is 10.0 Å². The first kappa shape index (κ1) is 12.5. The zero-order valence-corrected chi connectivity index (χ0v) is 10.4. The molecule has 6 nitrogen and oxygen atoms in total. The summed E-state index contributed by atoms with van der Waals surface area (Å²) in [5.41, 5.74) is 0.829. The lowest BCUT2D eigenvalue weighted by Crippen LogP contribution is -2.13. The molecule has 0 aromatic carbocycles. The van der Waals surface area contributed by atoms with E-state index in [1.165, 1.54) is 24.5 Å². The molecule has 0 bridgehead atoms. The van der Waals surface area contributed by atoms with Crippen molar-refractivity contribution in [1.29, 1.82) is 0 Å². The van der Waals surface area contributed by atoms with Gasteiger partial charge in [0.2, 0.25) is 15.9 Å². The highest BCUT2D eigenvalue weighted by molar-refractivity contribution is 7.89. The zero-order chi connectivity index (χ0) is 13.2. The van der Waals surface area contributed by atoms with Crippen molar-refractivity contribution in [2.75, 3.05) is 0 Å². The number of rotatable bonds is 3. The fraction of sp³-hybridized carbons (Fsp3) is 0.0909. The van der Waals surface area contributed by atoms with Crippen LogP contribution in [0, 0.1) is 6.92 Å². The first-order valence-electron chi connectivity index (χ1n) is 5.05. The third-order valence-corrected chi connectivity index (χ3v) is 3.07. The Hall–Kier alpha value is -1.99. The first-order valence-corrected chi connectivity index (χ1v) is 6.60. The van der Waals surface area contributed by atoms with Crippen molar-refractivity contribution in [2.24, 2.45) is 5.14 Å². The molecule has 0 aliphatic heterocycles. The summed E-state index contributed by atoms with van der Waals surface area (Å²) in [7, 11) is -3.87. The molecule has 0 atom stereocenters. The molecule has 0 saturated heterocycles. The third kappa shape index (κ3) is 2.82. The highest BCUT2D eigenvalue weighted by Crippen LogP contribution is 2.24. The minimum atomic E-state index is -3.87. The molecule has 2 N–H and O–H groups in total. The maximum atomic E-state index is 11.3. The molecule has 7 heteroatoms. The van der Waals surface area contributed by atoms with E-state index in [1.807, 2.05) is 6.92 Å². The largest absolute Gasteiger partial charge is 0.436 e. The number of aromatic nitrogens is 2. The van der Waals surface area contributed by atoms with Gasteiger partial charge in [0.1, 0.15) is 10.6 Å². The van der Waals surface area contributed by atoms with Crippen LogP contribution in [0.25, 0.3) is 0 Å². The Morgan fingerprint density at radius 2 is 2.00 bits per heavy atom. The smallest absolute Gasteiger partial charge is 0.243 e. The fourth-order valence-corrected chi connectivity index (χ4v) is 1.90. The quantitative estimate of drug-likeness (QED) is 0.900. The molecule has 2 aromatic rings. The molecule has 0 spiro atoms. The van der Waals surface area contributed by atoms with Crippen molar-refractivity contribution in [2.45, 2.75) is 11.8 Å². The molecular formula is C11H11N3O3S. The van der Waals surface area contributed by atoms with Crippen LogP contribution in [0.15, 0.2) is 41.6 Å². The third-order valence-electron chi connectivity index (χ3n) is 2.14. The van der Waals surface area contributed by atoms with Gasteiger partial charge in [-0.1, -0.05) is 0 Å². The van der Waals surface area contributed by atoms with Crippen molar-refractivity contribution >= 4 is 10.0 Å². The molecule has 2 heterocycles. The lowest BCUT2D eigenvalue weighted by atomic mass is 10.4. The van der Waals surface area contributed by atoms with Gasteiger partial charge in [-0.3, -0.25) is 4.98 Å². The summed E-state index contributed by atoms with van der Waals surface area (Å²) in [6.07, 6.45) is 2.91. The Morgan fingerprint density at radius 3 is 2.61 bits per heavy atom. The minimum Gasteiger partial charge on any atom is -0.436 e. The second-order valence-corrected chi connectivity index (χ2v) is 5.12. The maximum Gasteiger partial charge on any atom is 0.243 e. The molecule has 0 saturated carbocycles. The van der Waals surface area contributed by atoms with Crippen molar-refractivity contribution in [3.63, 3.8) is 0 Å². The molecule has 0 aliphatic carbocycles. The Labute approximate surface area is 105 Å². The first-order chi connectivity index (χ1) is 8.47. The number of hydrogen-bond donors (Lipinski definition) is 1. The molecule has 2 aromatic heterocycles. The molecular weight excluding hydrogens is 254 g/mol. The number of primary sulfonamides is 1. The summed E-state index contributed by atoms with van der Waals surface area (Å²) in [5.74, 6) is 0.329. The average molecular weight is 265 g/mol. The molecule has 0 unspecified atom stereocenters. The molecule has 94 valence electrons. The van der Waals surface area contributed by atoms with Gasteiger partial charge in [-0.05, 0) is 31.2 Å². The number of nitrogens with two attached hydrogens (primary N) is 1. The summed E-state index contributed by atoms with van der Waals surface area (Å²) in [5, 5.41) is 5.07. The summed E-state index contributed by atoms with van der Waals surface area (Å²) in [6.45, 7) is 1.83. The predicted octanol–water partition coefficient (Wildman–Crippen LogP) is 1.22. The van der Waals surface area contributed by atoms with Crippen LogP contribution in [-0.4, -0.2) is 18.4 Å². The summed E-state index contributed by atoms with van der Waals surface area (Å²) in [4.78, 5) is 7.73. The van der Waals surface area contributed by atoms with E-state index >= 15 is 0 Å². The molecule has 2 rings (SSSR count). The van der Waals surface area contributed by atoms with Gasteiger partial charge in [0, 0.05) is 11.9 Å². The number of pyridine rings is 2. The van der Waals surface area contributed by atoms with Crippen molar-refractivity contribution in [3.8, 4) is 11.6 Å². The minimum absolute atomic E-state index is 0.0642. The molecule has 18 heavy (non-hydrogen) atoms. The monoisotopic (exact) mass is 265 g/mol. The summed E-state index contributed by atoms with van der Waals surface area (Å²) in [6, 6.07) is 6.22. The standard InChI is InChI=1S/C11H11N3O3S/c1-8-4-5-9(7-14-8)17-11-10(18(12,15)16)3-2-6-13-11/h2-7H,1H3,(H2,12,15,16). The fourth-order valence-electron chi connectivity index (χ4n) is 1.30. The van der Waals surface area contributed by atoms with Gasteiger partial charge in [-0.25, -0.2) is 18.5 Å².